The van der Waals surface area contributed by atoms with Crippen LogP contribution in [0.2, 0.25) is 0 Å². The molecule has 1 aliphatic heterocycles. The smallest absolute Gasteiger partial charge is 0.335 e. The highest BCUT2D eigenvalue weighted by Gasteiger charge is 2.29. The summed E-state index contributed by atoms with van der Waals surface area (Å²) in [6, 6.07) is 5.00. The van der Waals surface area contributed by atoms with Crippen LogP contribution in [0.25, 0.3) is 0 Å². The van der Waals surface area contributed by atoms with Crippen molar-refractivity contribution in [3.8, 4) is 0 Å². The molecule has 1 aliphatic rings. The van der Waals surface area contributed by atoms with Gasteiger partial charge in [0, 0.05) is 18.1 Å². The Hall–Kier alpha value is -1.86. The van der Waals surface area contributed by atoms with E-state index >= 15 is 0 Å². The summed E-state index contributed by atoms with van der Waals surface area (Å²) in [7, 11) is 0. The number of allylic oxidation sites excluding steroid dienone is 1. The minimum atomic E-state index is -1.05. The molecular weight excluding hydrogens is 307 g/mol. The van der Waals surface area contributed by atoms with Crippen LogP contribution in [0.4, 0.5) is 4.39 Å². The van der Waals surface area contributed by atoms with Gasteiger partial charge in [-0.25, -0.2) is 14.2 Å². The van der Waals surface area contributed by atoms with Crippen molar-refractivity contribution in [2.24, 2.45) is 4.99 Å². The number of rotatable bonds is 5. The summed E-state index contributed by atoms with van der Waals surface area (Å²) in [5.41, 5.74) is 1.29. The van der Waals surface area contributed by atoms with E-state index in [2.05, 4.69) is 10.3 Å². The average Bonchev–Trinajstić information content (AvgIpc) is 2.47. The second-order valence-corrected chi connectivity index (χ2v) is 5.87. The van der Waals surface area contributed by atoms with E-state index in [-0.39, 0.29) is 18.0 Å². The number of hydrogen-bond donors (Lipinski definition) is 3. The Morgan fingerprint density at radius 2 is 2.09 bits per heavy atom. The third-order valence-electron chi connectivity index (χ3n) is 3.18. The van der Waals surface area contributed by atoms with E-state index < -0.39 is 12.0 Å². The van der Waals surface area contributed by atoms with E-state index in [1.165, 1.54) is 23.9 Å². The van der Waals surface area contributed by atoms with E-state index in [4.69, 9.17) is 5.11 Å². The van der Waals surface area contributed by atoms with Crippen LogP contribution in [-0.2, 0) is 4.79 Å². The molecule has 0 aliphatic carbocycles. The van der Waals surface area contributed by atoms with E-state index in [0.717, 1.165) is 0 Å². The fourth-order valence-electron chi connectivity index (χ4n) is 2.12. The normalized spacial score (nSPS) is 18.0. The Morgan fingerprint density at radius 1 is 1.41 bits per heavy atom. The Morgan fingerprint density at radius 3 is 2.68 bits per heavy atom. The zero-order chi connectivity index (χ0) is 16.1. The molecule has 7 heteroatoms. The Bertz CT molecular complexity index is 614. The van der Waals surface area contributed by atoms with Gasteiger partial charge in [-0.3, -0.25) is 0 Å². The van der Waals surface area contributed by atoms with Crippen LogP contribution in [0.1, 0.15) is 24.9 Å². The van der Waals surface area contributed by atoms with Crippen LogP contribution in [0.15, 0.2) is 40.5 Å². The molecule has 0 spiro atoms. The lowest BCUT2D eigenvalue weighted by Crippen LogP contribution is -2.30. The molecular formula is C15H17FN2O3S. The first kappa shape index (κ1) is 16.5. The molecule has 5 nitrogen and oxygen atoms in total. The minimum Gasteiger partial charge on any atom is -0.478 e. The monoisotopic (exact) mass is 324 g/mol. The zero-order valence-corrected chi connectivity index (χ0v) is 12.9. The van der Waals surface area contributed by atoms with Crippen molar-refractivity contribution < 1.29 is 19.4 Å². The Labute approximate surface area is 132 Å². The van der Waals surface area contributed by atoms with Crippen LogP contribution in [0, 0.1) is 5.82 Å². The molecule has 1 aromatic rings. The molecule has 0 bridgehead atoms. The number of thioether (sulfide) groups is 1. The second kappa shape index (κ2) is 7.42. The number of aliphatic hydroxyl groups excluding tert-OH is 1. The minimum absolute atomic E-state index is 0.0941. The maximum absolute atomic E-state index is 13.1. The number of amidine groups is 1. The van der Waals surface area contributed by atoms with E-state index in [1.807, 2.05) is 0 Å². The lowest BCUT2D eigenvalue weighted by Gasteiger charge is -2.24. The van der Waals surface area contributed by atoms with Crippen molar-refractivity contribution in [3.63, 3.8) is 0 Å². The summed E-state index contributed by atoms with van der Waals surface area (Å²) in [5.74, 6) is -0.756. The predicted molar refractivity (Wildman–Crippen MR) is 84.2 cm³/mol. The number of carboxylic acids is 1. The first-order valence-corrected chi connectivity index (χ1v) is 7.79. The summed E-state index contributed by atoms with van der Waals surface area (Å²) in [6.07, 6.45) is 0.626. The number of nitrogens with one attached hydrogen (secondary N) is 1. The fourth-order valence-corrected chi connectivity index (χ4v) is 2.99. The van der Waals surface area contributed by atoms with E-state index in [9.17, 15) is 14.3 Å². The third kappa shape index (κ3) is 3.86. The molecule has 22 heavy (non-hydrogen) atoms. The van der Waals surface area contributed by atoms with Gasteiger partial charge in [0.15, 0.2) is 5.17 Å². The summed E-state index contributed by atoms with van der Waals surface area (Å²) in [5, 5.41) is 21.8. The highest BCUT2D eigenvalue weighted by Crippen LogP contribution is 2.32. The number of aliphatic imine (C=N–C) groups is 1. The van der Waals surface area contributed by atoms with Gasteiger partial charge in [0.2, 0.25) is 0 Å². The first-order chi connectivity index (χ1) is 10.5. The van der Waals surface area contributed by atoms with Crippen LogP contribution in [0.5, 0.6) is 0 Å². The number of carbonyl (C=O) groups is 1. The third-order valence-corrected chi connectivity index (χ3v) is 4.15. The molecule has 0 amide bonds. The molecule has 0 aromatic heterocycles. The number of benzene rings is 1. The molecule has 118 valence electrons. The molecule has 1 atom stereocenters. The molecule has 1 heterocycles. The Kier molecular flexibility index (Phi) is 5.57. The van der Waals surface area contributed by atoms with Gasteiger partial charge >= 0.3 is 5.97 Å². The second-order valence-electron chi connectivity index (χ2n) is 4.78. The number of nitrogens with zero attached hydrogens (tertiary/aromatic N) is 1. The van der Waals surface area contributed by atoms with Crippen LogP contribution in [0.3, 0.4) is 0 Å². The zero-order valence-electron chi connectivity index (χ0n) is 12.0. The molecule has 0 radical (unpaired) electrons. The van der Waals surface area contributed by atoms with Crippen molar-refractivity contribution in [3.05, 3.63) is 46.9 Å². The summed E-state index contributed by atoms with van der Waals surface area (Å²) >= 11 is 1.42. The topological polar surface area (TPSA) is 81.9 Å². The van der Waals surface area contributed by atoms with Crippen molar-refractivity contribution in [1.82, 2.24) is 5.32 Å². The van der Waals surface area contributed by atoms with Crippen LogP contribution >= 0.6 is 11.8 Å². The van der Waals surface area contributed by atoms with Crippen LogP contribution in [-0.4, -0.2) is 33.7 Å². The van der Waals surface area contributed by atoms with Crippen molar-refractivity contribution in [1.29, 1.82) is 0 Å². The van der Waals surface area contributed by atoms with Crippen molar-refractivity contribution >= 4 is 22.9 Å². The van der Waals surface area contributed by atoms with Gasteiger partial charge in [0.1, 0.15) is 11.9 Å². The van der Waals surface area contributed by atoms with Gasteiger partial charge < -0.3 is 15.5 Å². The standard InChI is InChI=1S/C15H17FN2O3S/c1-9-12(14(20)21)13(10-3-5-11(16)6-4-10)18-15(17-9)22-8-2-7-19/h3-6,13,19H,2,7-8H2,1H3,(H,17,18)(H,20,21). The SMILES string of the molecule is CC1=C(C(=O)O)C(c2ccc(F)cc2)N=C(SCCCO)N1. The highest BCUT2D eigenvalue weighted by molar-refractivity contribution is 8.13. The summed E-state index contributed by atoms with van der Waals surface area (Å²) in [6.45, 7) is 1.78. The Balaban J connectivity index is 2.31. The van der Waals surface area contributed by atoms with Crippen molar-refractivity contribution in [2.75, 3.05) is 12.4 Å². The molecule has 0 saturated heterocycles. The number of aliphatic hydroxyl groups is 1. The maximum atomic E-state index is 13.1. The number of aliphatic carboxylic acids is 1. The van der Waals surface area contributed by atoms with Gasteiger partial charge in [-0.05, 0) is 31.0 Å². The lowest BCUT2D eigenvalue weighted by molar-refractivity contribution is -0.133. The van der Waals surface area contributed by atoms with Gasteiger partial charge in [0.05, 0.1) is 5.57 Å². The van der Waals surface area contributed by atoms with Gasteiger partial charge in [-0.2, -0.15) is 0 Å². The lowest BCUT2D eigenvalue weighted by atomic mass is 9.97. The molecule has 1 unspecified atom stereocenters. The highest BCUT2D eigenvalue weighted by atomic mass is 32.2. The molecule has 3 N–H and O–H groups in total. The number of halogens is 1. The molecule has 0 saturated carbocycles. The summed E-state index contributed by atoms with van der Waals surface area (Å²) < 4.78 is 13.1. The van der Waals surface area contributed by atoms with E-state index in [1.54, 1.807) is 19.1 Å². The first-order valence-electron chi connectivity index (χ1n) is 6.81. The largest absolute Gasteiger partial charge is 0.478 e. The maximum Gasteiger partial charge on any atom is 0.335 e. The summed E-state index contributed by atoms with van der Waals surface area (Å²) in [4.78, 5) is 15.9. The molecule has 1 aromatic carbocycles. The van der Waals surface area contributed by atoms with E-state index in [0.29, 0.717) is 28.6 Å². The van der Waals surface area contributed by atoms with Crippen LogP contribution < -0.4 is 5.32 Å². The number of carboxylic acid groups (broad SMARTS) is 1. The molecule has 0 fully saturated rings. The number of hydrogen-bond acceptors (Lipinski definition) is 5. The quantitative estimate of drug-likeness (QED) is 0.724. The van der Waals surface area contributed by atoms with Crippen molar-refractivity contribution in [2.45, 2.75) is 19.4 Å². The predicted octanol–water partition coefficient (Wildman–Crippen LogP) is 2.30. The average molecular weight is 324 g/mol. The van der Waals surface area contributed by atoms with Gasteiger partial charge in [-0.1, -0.05) is 23.9 Å². The van der Waals surface area contributed by atoms with Gasteiger partial charge in [-0.15, -0.1) is 0 Å². The fraction of sp³-hybridized carbons (Fsp3) is 0.333. The van der Waals surface area contributed by atoms with Gasteiger partial charge in [0.25, 0.3) is 0 Å². The molecule has 2 rings (SSSR count).